The Balaban J connectivity index is 1.52. The van der Waals surface area contributed by atoms with Gasteiger partial charge in [0.25, 0.3) is 5.69 Å². The molecule has 0 aliphatic heterocycles. The predicted octanol–water partition coefficient (Wildman–Crippen LogP) is 5.04. The molecular formula is C23H26N6O3S. The normalized spacial score (nSPS) is 18.1. The summed E-state index contributed by atoms with van der Waals surface area (Å²) < 4.78 is 2.18. The van der Waals surface area contributed by atoms with Crippen molar-refractivity contribution in [3.8, 4) is 11.4 Å². The molecule has 0 radical (unpaired) electrons. The maximum atomic E-state index is 12.7. The Bertz CT molecular complexity index is 1150. The summed E-state index contributed by atoms with van der Waals surface area (Å²) in [7, 11) is 0. The van der Waals surface area contributed by atoms with Crippen LogP contribution in [0.5, 0.6) is 0 Å². The van der Waals surface area contributed by atoms with Gasteiger partial charge in [0.15, 0.2) is 11.0 Å². The van der Waals surface area contributed by atoms with Crippen LogP contribution < -0.4 is 5.32 Å². The zero-order chi connectivity index (χ0) is 23.4. The summed E-state index contributed by atoms with van der Waals surface area (Å²) >= 11 is 1.35. The van der Waals surface area contributed by atoms with E-state index in [0.717, 1.165) is 30.7 Å². The first-order valence-electron chi connectivity index (χ1n) is 11.0. The van der Waals surface area contributed by atoms with Crippen molar-refractivity contribution in [3.63, 3.8) is 0 Å². The summed E-state index contributed by atoms with van der Waals surface area (Å²) in [6.07, 6.45) is 8.10. The quantitative estimate of drug-likeness (QED) is 0.295. The van der Waals surface area contributed by atoms with E-state index in [-0.39, 0.29) is 23.4 Å². The van der Waals surface area contributed by atoms with Gasteiger partial charge < -0.3 is 5.32 Å². The van der Waals surface area contributed by atoms with E-state index in [1.807, 2.05) is 12.1 Å². The van der Waals surface area contributed by atoms with Crippen LogP contribution >= 0.6 is 11.8 Å². The molecule has 1 amide bonds. The second-order valence-electron chi connectivity index (χ2n) is 8.34. The van der Waals surface area contributed by atoms with Crippen LogP contribution in [0, 0.1) is 23.0 Å². The van der Waals surface area contributed by atoms with Crippen molar-refractivity contribution in [3.05, 3.63) is 58.4 Å². The van der Waals surface area contributed by atoms with E-state index >= 15 is 0 Å². The largest absolute Gasteiger partial charge is 0.325 e. The van der Waals surface area contributed by atoms with E-state index < -0.39 is 4.92 Å². The number of hydrogen-bond acceptors (Lipinski definition) is 7. The molecule has 1 aliphatic rings. The van der Waals surface area contributed by atoms with Gasteiger partial charge in [-0.3, -0.25) is 24.5 Å². The summed E-state index contributed by atoms with van der Waals surface area (Å²) in [5.41, 5.74) is 2.10. The maximum absolute atomic E-state index is 12.7. The highest BCUT2D eigenvalue weighted by Crippen LogP contribution is 2.38. The van der Waals surface area contributed by atoms with Crippen molar-refractivity contribution in [2.24, 2.45) is 5.92 Å². The Morgan fingerprint density at radius 1 is 1.27 bits per heavy atom. The summed E-state index contributed by atoms with van der Waals surface area (Å²) in [4.78, 5) is 27.4. The third-order valence-corrected chi connectivity index (χ3v) is 6.95. The predicted molar refractivity (Wildman–Crippen MR) is 127 cm³/mol. The number of anilines is 1. The topological polar surface area (TPSA) is 116 Å². The zero-order valence-electron chi connectivity index (χ0n) is 18.6. The van der Waals surface area contributed by atoms with Gasteiger partial charge in [-0.15, -0.1) is 10.2 Å². The van der Waals surface area contributed by atoms with Gasteiger partial charge in [0, 0.05) is 41.8 Å². The summed E-state index contributed by atoms with van der Waals surface area (Å²) in [6.45, 7) is 3.99. The molecule has 172 valence electrons. The molecule has 10 heteroatoms. The minimum Gasteiger partial charge on any atom is -0.325 e. The number of nitrogens with zero attached hydrogens (tertiary/aromatic N) is 5. The van der Waals surface area contributed by atoms with Gasteiger partial charge in [0.1, 0.15) is 0 Å². The Kier molecular flexibility index (Phi) is 7.02. The molecule has 0 unspecified atom stereocenters. The first kappa shape index (κ1) is 22.9. The highest BCUT2D eigenvalue weighted by molar-refractivity contribution is 7.99. The van der Waals surface area contributed by atoms with Crippen molar-refractivity contribution in [2.75, 3.05) is 11.1 Å². The minimum atomic E-state index is -0.451. The number of aryl methyl sites for hydroxylation is 1. The van der Waals surface area contributed by atoms with Crippen molar-refractivity contribution in [1.82, 2.24) is 19.7 Å². The lowest BCUT2D eigenvalue weighted by molar-refractivity contribution is -0.384. The third kappa shape index (κ3) is 5.22. The van der Waals surface area contributed by atoms with Crippen LogP contribution in [-0.2, 0) is 4.79 Å². The van der Waals surface area contributed by atoms with Crippen LogP contribution in [0.15, 0.2) is 47.9 Å². The second-order valence-corrected chi connectivity index (χ2v) is 9.28. The molecule has 2 aromatic heterocycles. The number of aromatic nitrogens is 4. The zero-order valence-corrected chi connectivity index (χ0v) is 19.4. The van der Waals surface area contributed by atoms with Gasteiger partial charge in [-0.25, -0.2) is 0 Å². The molecule has 1 N–H and O–H groups in total. The van der Waals surface area contributed by atoms with Crippen LogP contribution in [0.1, 0.15) is 44.2 Å². The molecule has 0 saturated heterocycles. The van der Waals surface area contributed by atoms with Gasteiger partial charge >= 0.3 is 0 Å². The number of hydrogen-bond donors (Lipinski definition) is 1. The van der Waals surface area contributed by atoms with E-state index in [1.165, 1.54) is 30.3 Å². The number of carbonyl (C=O) groups is 1. The number of nitro groups is 1. The third-order valence-electron chi connectivity index (χ3n) is 6.01. The number of amides is 1. The highest BCUT2D eigenvalue weighted by Gasteiger charge is 2.29. The first-order valence-corrected chi connectivity index (χ1v) is 12.0. The van der Waals surface area contributed by atoms with E-state index in [2.05, 4.69) is 32.0 Å². The fourth-order valence-electron chi connectivity index (χ4n) is 4.26. The lowest BCUT2D eigenvalue weighted by atomic mass is 9.85. The molecule has 1 saturated carbocycles. The number of benzene rings is 1. The number of nitrogens with one attached hydrogen (secondary N) is 1. The minimum absolute atomic E-state index is 0.00231. The van der Waals surface area contributed by atoms with Crippen molar-refractivity contribution < 1.29 is 9.72 Å². The van der Waals surface area contributed by atoms with Crippen molar-refractivity contribution in [1.29, 1.82) is 0 Å². The Morgan fingerprint density at radius 2 is 2.09 bits per heavy atom. The molecule has 1 aromatic carbocycles. The van der Waals surface area contributed by atoms with Gasteiger partial charge in [-0.2, -0.15) is 0 Å². The van der Waals surface area contributed by atoms with E-state index in [9.17, 15) is 14.9 Å². The molecule has 2 heterocycles. The van der Waals surface area contributed by atoms with Crippen LogP contribution in [0.3, 0.4) is 0 Å². The summed E-state index contributed by atoms with van der Waals surface area (Å²) in [5.74, 6) is 1.21. The Hall–Kier alpha value is -3.27. The van der Waals surface area contributed by atoms with Crippen molar-refractivity contribution in [2.45, 2.75) is 50.7 Å². The molecule has 1 fully saturated rings. The Labute approximate surface area is 196 Å². The van der Waals surface area contributed by atoms with E-state index in [0.29, 0.717) is 22.3 Å². The molecule has 9 nitrogen and oxygen atoms in total. The fraction of sp³-hybridized carbons (Fsp3) is 0.391. The molecule has 0 bridgehead atoms. The SMILES string of the molecule is Cc1cc([N+](=O)[O-])ccc1NC(=O)CSc1nnc(-c2cccnc2)n1[C@@H]1CCCC[C@H]1C. The Morgan fingerprint density at radius 3 is 2.79 bits per heavy atom. The average Bonchev–Trinajstić information content (AvgIpc) is 3.23. The first-order chi connectivity index (χ1) is 15.9. The number of carbonyl (C=O) groups excluding carboxylic acids is 1. The molecule has 2 atom stereocenters. The second kappa shape index (κ2) is 10.1. The smallest absolute Gasteiger partial charge is 0.269 e. The number of thioether (sulfide) groups is 1. The maximum Gasteiger partial charge on any atom is 0.269 e. The van der Waals surface area contributed by atoms with Crippen LogP contribution in [-0.4, -0.2) is 36.3 Å². The number of rotatable bonds is 7. The van der Waals surface area contributed by atoms with Crippen molar-refractivity contribution >= 4 is 29.0 Å². The lowest BCUT2D eigenvalue weighted by Gasteiger charge is -2.31. The van der Waals surface area contributed by atoms with Gasteiger partial charge in [-0.1, -0.05) is 31.5 Å². The van der Waals surface area contributed by atoms with Crippen LogP contribution in [0.4, 0.5) is 11.4 Å². The molecule has 33 heavy (non-hydrogen) atoms. The molecular weight excluding hydrogens is 440 g/mol. The van der Waals surface area contributed by atoms with E-state index in [1.54, 1.807) is 25.4 Å². The fourth-order valence-corrected chi connectivity index (χ4v) is 5.06. The highest BCUT2D eigenvalue weighted by atomic mass is 32.2. The van der Waals surface area contributed by atoms with Gasteiger partial charge in [-0.05, 0) is 49.4 Å². The number of pyridine rings is 1. The van der Waals surface area contributed by atoms with Crippen LogP contribution in [0.2, 0.25) is 0 Å². The molecule has 1 aliphatic carbocycles. The average molecular weight is 467 g/mol. The molecule has 4 rings (SSSR count). The van der Waals surface area contributed by atoms with Gasteiger partial charge in [0.2, 0.25) is 5.91 Å². The van der Waals surface area contributed by atoms with E-state index in [4.69, 9.17) is 0 Å². The summed E-state index contributed by atoms with van der Waals surface area (Å²) in [6, 6.07) is 8.51. The standard InChI is InChI=1S/C23H26N6O3S/c1-15-6-3-4-8-20(15)28-22(17-7-5-11-24-13-17)26-27-23(28)33-14-21(30)25-19-10-9-18(29(31)32)12-16(19)2/h5,7,9-13,15,20H,3-4,6,8,14H2,1-2H3,(H,25,30)/t15-,20-/m1/s1. The number of nitro benzene ring substituents is 1. The molecule has 0 spiro atoms. The van der Waals surface area contributed by atoms with Crippen LogP contribution in [0.25, 0.3) is 11.4 Å². The number of non-ortho nitro benzene ring substituents is 1. The van der Waals surface area contributed by atoms with Gasteiger partial charge in [0.05, 0.1) is 10.7 Å². The molecule has 3 aromatic rings. The summed E-state index contributed by atoms with van der Waals surface area (Å²) in [5, 5.41) is 23.4. The lowest BCUT2D eigenvalue weighted by Crippen LogP contribution is -2.23. The monoisotopic (exact) mass is 466 g/mol.